The predicted octanol–water partition coefficient (Wildman–Crippen LogP) is 3.51. The molecule has 0 amide bonds. The minimum Gasteiger partial charge on any atom is -0.481 e. The van der Waals surface area contributed by atoms with E-state index in [1.54, 1.807) is 0 Å². The summed E-state index contributed by atoms with van der Waals surface area (Å²) in [6.07, 6.45) is 0.201. The number of hydrogen-bond donors (Lipinski definition) is 2. The van der Waals surface area contributed by atoms with Gasteiger partial charge in [0.1, 0.15) is 0 Å². The molecule has 0 aliphatic carbocycles. The van der Waals surface area contributed by atoms with Gasteiger partial charge in [-0.2, -0.15) is 0 Å². The third kappa shape index (κ3) is 4.78. The van der Waals surface area contributed by atoms with Crippen LogP contribution in [0.4, 0.5) is 5.69 Å². The van der Waals surface area contributed by atoms with E-state index in [9.17, 15) is 4.79 Å². The molecule has 100 valence electrons. The Labute approximate surface area is 109 Å². The molecule has 0 bridgehead atoms. The minimum atomic E-state index is -0.743. The minimum absolute atomic E-state index is 0.129. The molecule has 0 fully saturated rings. The van der Waals surface area contributed by atoms with E-state index in [1.807, 2.05) is 19.1 Å². The average molecular weight is 249 g/mol. The Balaban J connectivity index is 2.52. The first kappa shape index (κ1) is 14.6. The molecule has 3 nitrogen and oxygen atoms in total. The standard InChI is InChI=1S/C15H23NO2/c1-11(9-14(17)18)10-16-13-7-5-12(6-8-13)15(2,3)4/h5-8,11,16H,9-10H2,1-4H3,(H,17,18). The van der Waals surface area contributed by atoms with E-state index in [2.05, 4.69) is 38.2 Å². The zero-order valence-electron chi connectivity index (χ0n) is 11.7. The molecule has 1 atom stereocenters. The highest BCUT2D eigenvalue weighted by molar-refractivity contribution is 5.67. The quantitative estimate of drug-likeness (QED) is 0.839. The van der Waals surface area contributed by atoms with E-state index >= 15 is 0 Å². The number of carboxylic acids is 1. The molecule has 0 aliphatic rings. The molecule has 0 spiro atoms. The van der Waals surface area contributed by atoms with Gasteiger partial charge in [0.2, 0.25) is 0 Å². The Morgan fingerprint density at radius 2 is 1.83 bits per heavy atom. The van der Waals surface area contributed by atoms with Crippen LogP contribution in [-0.4, -0.2) is 17.6 Å². The largest absolute Gasteiger partial charge is 0.481 e. The fourth-order valence-electron chi connectivity index (χ4n) is 1.75. The zero-order chi connectivity index (χ0) is 13.8. The monoisotopic (exact) mass is 249 g/mol. The summed E-state index contributed by atoms with van der Waals surface area (Å²) in [5.74, 6) is -0.614. The summed E-state index contributed by atoms with van der Waals surface area (Å²) in [6.45, 7) is 9.17. The Bertz CT molecular complexity index is 390. The second-order valence-electron chi connectivity index (χ2n) is 5.91. The zero-order valence-corrected chi connectivity index (χ0v) is 11.7. The van der Waals surface area contributed by atoms with E-state index in [4.69, 9.17) is 5.11 Å². The highest BCUT2D eigenvalue weighted by Crippen LogP contribution is 2.23. The van der Waals surface area contributed by atoms with Gasteiger partial charge in [0, 0.05) is 18.7 Å². The van der Waals surface area contributed by atoms with Gasteiger partial charge in [0.25, 0.3) is 0 Å². The van der Waals surface area contributed by atoms with Crippen LogP contribution in [0.5, 0.6) is 0 Å². The second kappa shape index (κ2) is 5.89. The van der Waals surface area contributed by atoms with Gasteiger partial charge >= 0.3 is 5.97 Å². The van der Waals surface area contributed by atoms with Gasteiger partial charge in [-0.1, -0.05) is 39.8 Å². The summed E-state index contributed by atoms with van der Waals surface area (Å²) >= 11 is 0. The van der Waals surface area contributed by atoms with Crippen LogP contribution in [0.2, 0.25) is 0 Å². The highest BCUT2D eigenvalue weighted by Gasteiger charge is 2.13. The van der Waals surface area contributed by atoms with Crippen molar-refractivity contribution < 1.29 is 9.90 Å². The molecule has 18 heavy (non-hydrogen) atoms. The van der Waals surface area contributed by atoms with Crippen molar-refractivity contribution >= 4 is 11.7 Å². The topological polar surface area (TPSA) is 49.3 Å². The Hall–Kier alpha value is -1.51. The molecule has 0 heterocycles. The molecular formula is C15H23NO2. The van der Waals surface area contributed by atoms with Crippen LogP contribution in [0.3, 0.4) is 0 Å². The maximum atomic E-state index is 10.5. The number of benzene rings is 1. The van der Waals surface area contributed by atoms with Crippen LogP contribution in [0.25, 0.3) is 0 Å². The van der Waals surface area contributed by atoms with Crippen molar-refractivity contribution in [2.24, 2.45) is 5.92 Å². The summed E-state index contributed by atoms with van der Waals surface area (Å²) in [7, 11) is 0. The van der Waals surface area contributed by atoms with Gasteiger partial charge in [-0.3, -0.25) is 4.79 Å². The number of carboxylic acid groups (broad SMARTS) is 1. The lowest BCUT2D eigenvalue weighted by Gasteiger charge is -2.19. The Morgan fingerprint density at radius 1 is 1.28 bits per heavy atom. The normalized spacial score (nSPS) is 13.1. The number of nitrogens with one attached hydrogen (secondary N) is 1. The summed E-state index contributed by atoms with van der Waals surface area (Å²) < 4.78 is 0. The average Bonchev–Trinajstić information content (AvgIpc) is 2.25. The summed E-state index contributed by atoms with van der Waals surface area (Å²) in [4.78, 5) is 10.5. The van der Waals surface area contributed by atoms with Crippen molar-refractivity contribution in [3.63, 3.8) is 0 Å². The van der Waals surface area contributed by atoms with E-state index in [0.29, 0.717) is 6.54 Å². The van der Waals surface area contributed by atoms with Crippen LogP contribution in [-0.2, 0) is 10.2 Å². The van der Waals surface area contributed by atoms with Crippen LogP contribution in [0, 0.1) is 5.92 Å². The van der Waals surface area contributed by atoms with Gasteiger partial charge in [-0.05, 0) is 29.0 Å². The maximum absolute atomic E-state index is 10.5. The number of aliphatic carboxylic acids is 1. The van der Waals surface area contributed by atoms with Gasteiger partial charge in [0.05, 0.1) is 0 Å². The maximum Gasteiger partial charge on any atom is 0.303 e. The van der Waals surface area contributed by atoms with Crippen molar-refractivity contribution in [3.05, 3.63) is 29.8 Å². The fraction of sp³-hybridized carbons (Fsp3) is 0.533. The molecule has 1 rings (SSSR count). The van der Waals surface area contributed by atoms with E-state index in [0.717, 1.165) is 5.69 Å². The lowest BCUT2D eigenvalue weighted by Crippen LogP contribution is -2.15. The van der Waals surface area contributed by atoms with E-state index < -0.39 is 5.97 Å². The molecular weight excluding hydrogens is 226 g/mol. The van der Waals surface area contributed by atoms with Crippen LogP contribution in [0.15, 0.2) is 24.3 Å². The van der Waals surface area contributed by atoms with Crippen LogP contribution >= 0.6 is 0 Å². The molecule has 1 aromatic rings. The van der Waals surface area contributed by atoms with E-state index in [-0.39, 0.29) is 17.8 Å². The van der Waals surface area contributed by atoms with Crippen LogP contribution < -0.4 is 5.32 Å². The number of rotatable bonds is 5. The molecule has 1 unspecified atom stereocenters. The Kier molecular flexibility index (Phi) is 4.76. The highest BCUT2D eigenvalue weighted by atomic mass is 16.4. The molecule has 2 N–H and O–H groups in total. The first-order chi connectivity index (χ1) is 8.29. The van der Waals surface area contributed by atoms with Crippen molar-refractivity contribution in [1.29, 1.82) is 0 Å². The number of anilines is 1. The molecule has 0 saturated carbocycles. The second-order valence-corrected chi connectivity index (χ2v) is 5.91. The SMILES string of the molecule is CC(CNc1ccc(C(C)(C)C)cc1)CC(=O)O. The predicted molar refractivity (Wildman–Crippen MR) is 75.0 cm³/mol. The molecule has 0 aliphatic heterocycles. The molecule has 3 heteroatoms. The summed E-state index contributed by atoms with van der Waals surface area (Å²) in [5, 5.41) is 11.9. The van der Waals surface area contributed by atoms with E-state index in [1.165, 1.54) is 5.56 Å². The van der Waals surface area contributed by atoms with Crippen LogP contribution in [0.1, 0.15) is 39.7 Å². The molecule has 0 saturated heterocycles. The molecule has 0 radical (unpaired) electrons. The fourth-order valence-corrected chi connectivity index (χ4v) is 1.75. The van der Waals surface area contributed by atoms with Crippen molar-refractivity contribution in [1.82, 2.24) is 0 Å². The third-order valence-corrected chi connectivity index (χ3v) is 2.93. The first-order valence-electron chi connectivity index (χ1n) is 6.35. The van der Waals surface area contributed by atoms with Crippen molar-refractivity contribution in [3.8, 4) is 0 Å². The molecule has 0 aromatic heterocycles. The van der Waals surface area contributed by atoms with Gasteiger partial charge < -0.3 is 10.4 Å². The first-order valence-corrected chi connectivity index (χ1v) is 6.35. The molecule has 1 aromatic carbocycles. The van der Waals surface area contributed by atoms with Gasteiger partial charge in [-0.25, -0.2) is 0 Å². The third-order valence-electron chi connectivity index (χ3n) is 2.93. The van der Waals surface area contributed by atoms with Crippen molar-refractivity contribution in [2.75, 3.05) is 11.9 Å². The van der Waals surface area contributed by atoms with Crippen molar-refractivity contribution in [2.45, 2.75) is 39.5 Å². The number of hydrogen-bond acceptors (Lipinski definition) is 2. The lowest BCUT2D eigenvalue weighted by atomic mass is 9.87. The number of carbonyl (C=O) groups is 1. The Morgan fingerprint density at radius 3 is 2.28 bits per heavy atom. The van der Waals surface area contributed by atoms with Gasteiger partial charge in [-0.15, -0.1) is 0 Å². The summed E-state index contributed by atoms with van der Waals surface area (Å²) in [6, 6.07) is 8.33. The lowest BCUT2D eigenvalue weighted by molar-refractivity contribution is -0.137. The summed E-state index contributed by atoms with van der Waals surface area (Å²) in [5.41, 5.74) is 2.50. The smallest absolute Gasteiger partial charge is 0.303 e. The van der Waals surface area contributed by atoms with Gasteiger partial charge in [0.15, 0.2) is 0 Å².